The van der Waals surface area contributed by atoms with Gasteiger partial charge < -0.3 is 4.90 Å². The van der Waals surface area contributed by atoms with E-state index in [2.05, 4.69) is 0 Å². The molecule has 0 aromatic heterocycles. The van der Waals surface area contributed by atoms with Gasteiger partial charge in [0, 0.05) is 31.8 Å². The molecule has 3 nitrogen and oxygen atoms in total. The maximum atomic E-state index is 12.4. The van der Waals surface area contributed by atoms with Crippen LogP contribution in [0.1, 0.15) is 39.7 Å². The molecule has 0 fully saturated rings. The van der Waals surface area contributed by atoms with E-state index in [1.165, 1.54) is 0 Å². The molecule has 1 aromatic rings. The SMILES string of the molecule is CC(C)C(=O)C(CC(=O)N(C)Cc1ccccc1)C(C)C. The van der Waals surface area contributed by atoms with Crippen LogP contribution in [0, 0.1) is 17.8 Å². The Balaban J connectivity index is 2.67. The number of rotatable bonds is 7. The normalized spacial score (nSPS) is 12.5. The number of benzene rings is 1. The summed E-state index contributed by atoms with van der Waals surface area (Å²) in [6.07, 6.45) is 0.304. The van der Waals surface area contributed by atoms with Gasteiger partial charge in [-0.3, -0.25) is 9.59 Å². The molecule has 1 atom stereocenters. The van der Waals surface area contributed by atoms with Crippen LogP contribution in [0.4, 0.5) is 0 Å². The molecule has 0 aliphatic heterocycles. The standard InChI is InChI=1S/C18H27NO2/c1-13(2)16(18(21)14(3)4)11-17(20)19(5)12-15-9-7-6-8-10-15/h6-10,13-14,16H,11-12H2,1-5H3. The first-order valence-corrected chi connectivity index (χ1v) is 7.64. The van der Waals surface area contributed by atoms with Crippen LogP contribution >= 0.6 is 0 Å². The van der Waals surface area contributed by atoms with Gasteiger partial charge in [-0.2, -0.15) is 0 Å². The molecule has 0 heterocycles. The summed E-state index contributed by atoms with van der Waals surface area (Å²) in [5, 5.41) is 0. The number of amides is 1. The monoisotopic (exact) mass is 289 g/mol. The number of carbonyl (C=O) groups is 2. The maximum absolute atomic E-state index is 12.4. The molecule has 0 bridgehead atoms. The third-order valence-corrected chi connectivity index (χ3v) is 3.82. The number of Topliss-reactive ketones (excluding diaryl/α,β-unsaturated/α-hetero) is 1. The highest BCUT2D eigenvalue weighted by molar-refractivity contribution is 5.88. The Morgan fingerprint density at radius 1 is 1.05 bits per heavy atom. The van der Waals surface area contributed by atoms with Crippen molar-refractivity contribution in [2.45, 2.75) is 40.7 Å². The Morgan fingerprint density at radius 2 is 1.62 bits per heavy atom. The van der Waals surface area contributed by atoms with Crippen LogP contribution in [0.5, 0.6) is 0 Å². The van der Waals surface area contributed by atoms with Crippen molar-refractivity contribution in [3.63, 3.8) is 0 Å². The fourth-order valence-corrected chi connectivity index (χ4v) is 2.38. The van der Waals surface area contributed by atoms with Crippen molar-refractivity contribution in [2.75, 3.05) is 7.05 Å². The molecule has 1 aromatic carbocycles. The number of hydrogen-bond acceptors (Lipinski definition) is 2. The molecule has 0 radical (unpaired) electrons. The molecule has 0 saturated carbocycles. The maximum Gasteiger partial charge on any atom is 0.223 e. The number of hydrogen-bond donors (Lipinski definition) is 0. The molecule has 0 spiro atoms. The second-order valence-electron chi connectivity index (χ2n) is 6.35. The largest absolute Gasteiger partial charge is 0.341 e. The Bertz CT molecular complexity index is 465. The van der Waals surface area contributed by atoms with Crippen LogP contribution in [0.15, 0.2) is 30.3 Å². The molecule has 1 rings (SSSR count). The molecular formula is C18H27NO2. The number of carbonyl (C=O) groups excluding carboxylic acids is 2. The average molecular weight is 289 g/mol. The van der Waals surface area contributed by atoms with Gasteiger partial charge in [0.15, 0.2) is 0 Å². The zero-order chi connectivity index (χ0) is 16.0. The first-order chi connectivity index (χ1) is 9.82. The van der Waals surface area contributed by atoms with Crippen LogP contribution in [-0.4, -0.2) is 23.6 Å². The quantitative estimate of drug-likeness (QED) is 0.770. The van der Waals surface area contributed by atoms with Gasteiger partial charge >= 0.3 is 0 Å². The van der Waals surface area contributed by atoms with Gasteiger partial charge in [-0.15, -0.1) is 0 Å². The zero-order valence-corrected chi connectivity index (χ0v) is 13.8. The lowest BCUT2D eigenvalue weighted by molar-refractivity contribution is -0.137. The van der Waals surface area contributed by atoms with E-state index >= 15 is 0 Å². The Labute approximate surface area is 128 Å². The van der Waals surface area contributed by atoms with Crippen molar-refractivity contribution >= 4 is 11.7 Å². The highest BCUT2D eigenvalue weighted by atomic mass is 16.2. The Kier molecular flexibility index (Phi) is 6.60. The van der Waals surface area contributed by atoms with E-state index in [-0.39, 0.29) is 29.4 Å². The van der Waals surface area contributed by atoms with Gasteiger partial charge in [0.05, 0.1) is 0 Å². The first kappa shape index (κ1) is 17.4. The predicted molar refractivity (Wildman–Crippen MR) is 85.7 cm³/mol. The molecular weight excluding hydrogens is 262 g/mol. The lowest BCUT2D eigenvalue weighted by atomic mass is 9.83. The van der Waals surface area contributed by atoms with E-state index in [0.29, 0.717) is 13.0 Å². The zero-order valence-electron chi connectivity index (χ0n) is 13.8. The van der Waals surface area contributed by atoms with E-state index in [4.69, 9.17) is 0 Å². The highest BCUT2D eigenvalue weighted by Gasteiger charge is 2.27. The summed E-state index contributed by atoms with van der Waals surface area (Å²) in [6, 6.07) is 9.90. The Hall–Kier alpha value is -1.64. The van der Waals surface area contributed by atoms with Crippen LogP contribution in [0.25, 0.3) is 0 Å². The van der Waals surface area contributed by atoms with Gasteiger partial charge in [0.2, 0.25) is 5.91 Å². The van der Waals surface area contributed by atoms with Crippen molar-refractivity contribution in [2.24, 2.45) is 17.8 Å². The van der Waals surface area contributed by atoms with Gasteiger partial charge in [-0.05, 0) is 11.5 Å². The van der Waals surface area contributed by atoms with Crippen LogP contribution in [0.2, 0.25) is 0 Å². The summed E-state index contributed by atoms with van der Waals surface area (Å²) in [7, 11) is 1.80. The minimum absolute atomic E-state index is 0.0235. The highest BCUT2D eigenvalue weighted by Crippen LogP contribution is 2.21. The first-order valence-electron chi connectivity index (χ1n) is 7.64. The lowest BCUT2D eigenvalue weighted by Gasteiger charge is -2.24. The van der Waals surface area contributed by atoms with Gasteiger partial charge in [-0.1, -0.05) is 58.0 Å². The Morgan fingerprint density at radius 3 is 2.10 bits per heavy atom. The summed E-state index contributed by atoms with van der Waals surface area (Å²) < 4.78 is 0. The van der Waals surface area contributed by atoms with Gasteiger partial charge in [-0.25, -0.2) is 0 Å². The van der Waals surface area contributed by atoms with Crippen molar-refractivity contribution in [1.82, 2.24) is 4.90 Å². The van der Waals surface area contributed by atoms with Gasteiger partial charge in [0.1, 0.15) is 5.78 Å². The van der Waals surface area contributed by atoms with Crippen molar-refractivity contribution in [1.29, 1.82) is 0 Å². The van der Waals surface area contributed by atoms with Crippen molar-refractivity contribution < 1.29 is 9.59 Å². The van der Waals surface area contributed by atoms with E-state index in [9.17, 15) is 9.59 Å². The van der Waals surface area contributed by atoms with Crippen molar-refractivity contribution in [3.8, 4) is 0 Å². The summed E-state index contributed by atoms with van der Waals surface area (Å²) in [5.74, 6) is 0.201. The topological polar surface area (TPSA) is 37.4 Å². The third-order valence-electron chi connectivity index (χ3n) is 3.82. The number of ketones is 1. The van der Waals surface area contributed by atoms with Crippen LogP contribution in [-0.2, 0) is 16.1 Å². The van der Waals surface area contributed by atoms with E-state index in [1.54, 1.807) is 11.9 Å². The van der Waals surface area contributed by atoms with E-state index < -0.39 is 0 Å². The second-order valence-corrected chi connectivity index (χ2v) is 6.35. The molecule has 0 aliphatic rings. The van der Waals surface area contributed by atoms with E-state index in [1.807, 2.05) is 58.0 Å². The summed E-state index contributed by atoms with van der Waals surface area (Å²) in [5.41, 5.74) is 1.10. The third kappa shape index (κ3) is 5.33. The smallest absolute Gasteiger partial charge is 0.223 e. The minimum atomic E-state index is -0.185. The molecule has 1 unspecified atom stereocenters. The molecule has 21 heavy (non-hydrogen) atoms. The molecule has 116 valence electrons. The minimum Gasteiger partial charge on any atom is -0.341 e. The fraction of sp³-hybridized carbons (Fsp3) is 0.556. The second kappa shape index (κ2) is 7.96. The molecule has 0 aliphatic carbocycles. The summed E-state index contributed by atoms with van der Waals surface area (Å²) in [6.45, 7) is 8.40. The fourth-order valence-electron chi connectivity index (χ4n) is 2.38. The molecule has 0 N–H and O–H groups in total. The average Bonchev–Trinajstić information content (AvgIpc) is 2.44. The number of nitrogens with zero attached hydrogens (tertiary/aromatic N) is 1. The predicted octanol–water partition coefficient (Wildman–Crippen LogP) is 3.53. The molecule has 3 heteroatoms. The molecule has 0 saturated heterocycles. The lowest BCUT2D eigenvalue weighted by Crippen LogP contribution is -2.33. The molecule has 1 amide bonds. The van der Waals surface area contributed by atoms with Crippen LogP contribution < -0.4 is 0 Å². The summed E-state index contributed by atoms with van der Waals surface area (Å²) in [4.78, 5) is 26.3. The van der Waals surface area contributed by atoms with Crippen molar-refractivity contribution in [3.05, 3.63) is 35.9 Å². The summed E-state index contributed by atoms with van der Waals surface area (Å²) >= 11 is 0. The van der Waals surface area contributed by atoms with Crippen LogP contribution in [0.3, 0.4) is 0 Å². The van der Waals surface area contributed by atoms with E-state index in [0.717, 1.165) is 5.56 Å². The van der Waals surface area contributed by atoms with Gasteiger partial charge in [0.25, 0.3) is 0 Å².